The molecule has 21 heavy (non-hydrogen) atoms. The number of aryl methyl sites for hydroxylation is 1. The molecule has 0 radical (unpaired) electrons. The molecule has 0 fully saturated rings. The van der Waals surface area contributed by atoms with E-state index in [1.807, 2.05) is 13.8 Å². The van der Waals surface area contributed by atoms with E-state index in [2.05, 4.69) is 0 Å². The fourth-order valence-electron chi connectivity index (χ4n) is 2.15. The zero-order valence-electron chi connectivity index (χ0n) is 12.7. The highest BCUT2D eigenvalue weighted by Crippen LogP contribution is 2.21. The second kappa shape index (κ2) is 6.53. The lowest BCUT2D eigenvalue weighted by atomic mass is 10.1. The molecule has 1 unspecified atom stereocenters. The number of sulfonamides is 1. The van der Waals surface area contributed by atoms with E-state index >= 15 is 0 Å². The molecule has 0 bridgehead atoms. The molecule has 118 valence electrons. The average Bonchev–Trinajstić information content (AvgIpc) is 2.37. The van der Waals surface area contributed by atoms with Crippen molar-refractivity contribution < 1.29 is 17.6 Å². The number of hydrogen-bond acceptors (Lipinski definition) is 3. The van der Waals surface area contributed by atoms with Gasteiger partial charge in [0.25, 0.3) is 5.91 Å². The molecule has 1 atom stereocenters. The monoisotopic (exact) mass is 316 g/mol. The zero-order valence-corrected chi connectivity index (χ0v) is 13.5. The number of nitrogens with two attached hydrogens (primary N) is 1. The standard InChI is InChI=1S/C14H21FN2O3S/c1-5-10(4)17(6-2)14(18)11-8-13(21(16,19)20)9(3)7-12(11)15/h7-8,10H,5-6H2,1-4H3,(H2,16,19,20). The first-order chi connectivity index (χ1) is 9.63. The van der Waals surface area contributed by atoms with Crippen molar-refractivity contribution in [2.75, 3.05) is 6.54 Å². The van der Waals surface area contributed by atoms with Gasteiger partial charge in [-0.2, -0.15) is 0 Å². The minimum absolute atomic E-state index is 0.0684. The van der Waals surface area contributed by atoms with Crippen LogP contribution in [0.15, 0.2) is 17.0 Å². The lowest BCUT2D eigenvalue weighted by molar-refractivity contribution is 0.0695. The molecule has 1 amide bonds. The Labute approximate surface area is 125 Å². The lowest BCUT2D eigenvalue weighted by Gasteiger charge is -2.27. The third kappa shape index (κ3) is 3.79. The molecule has 0 aromatic heterocycles. The third-order valence-electron chi connectivity index (χ3n) is 3.53. The molecular weight excluding hydrogens is 295 g/mol. The lowest BCUT2D eigenvalue weighted by Crippen LogP contribution is -2.38. The number of hydrogen-bond donors (Lipinski definition) is 1. The number of primary sulfonamides is 1. The normalized spacial score (nSPS) is 13.0. The zero-order chi connectivity index (χ0) is 16.4. The fourth-order valence-corrected chi connectivity index (χ4v) is 2.94. The molecule has 5 nitrogen and oxygen atoms in total. The van der Waals surface area contributed by atoms with Crippen LogP contribution in [0.2, 0.25) is 0 Å². The van der Waals surface area contributed by atoms with Crippen molar-refractivity contribution in [2.24, 2.45) is 5.14 Å². The minimum Gasteiger partial charge on any atom is -0.336 e. The van der Waals surface area contributed by atoms with Gasteiger partial charge in [-0.1, -0.05) is 6.92 Å². The second-order valence-corrected chi connectivity index (χ2v) is 6.52. The van der Waals surface area contributed by atoms with Crippen LogP contribution in [0.3, 0.4) is 0 Å². The quantitative estimate of drug-likeness (QED) is 0.902. The molecule has 1 rings (SSSR count). The van der Waals surface area contributed by atoms with E-state index in [-0.39, 0.29) is 22.1 Å². The van der Waals surface area contributed by atoms with E-state index in [1.54, 1.807) is 6.92 Å². The molecule has 0 saturated heterocycles. The Kier molecular flexibility index (Phi) is 5.47. The maximum atomic E-state index is 14.0. The van der Waals surface area contributed by atoms with Gasteiger partial charge in [0, 0.05) is 12.6 Å². The summed E-state index contributed by atoms with van der Waals surface area (Å²) < 4.78 is 37.0. The summed E-state index contributed by atoms with van der Waals surface area (Å²) in [5, 5.41) is 5.10. The number of carbonyl (C=O) groups excluding carboxylic acids is 1. The number of amides is 1. The summed E-state index contributed by atoms with van der Waals surface area (Å²) >= 11 is 0. The van der Waals surface area contributed by atoms with Gasteiger partial charge in [-0.15, -0.1) is 0 Å². The predicted octanol–water partition coefficient (Wildman–Crippen LogP) is 2.04. The Balaban J connectivity index is 3.40. The summed E-state index contributed by atoms with van der Waals surface area (Å²) in [5.74, 6) is -1.28. The number of halogens is 1. The molecule has 1 aromatic rings. The first-order valence-electron chi connectivity index (χ1n) is 6.77. The topological polar surface area (TPSA) is 80.5 Å². The smallest absolute Gasteiger partial charge is 0.257 e. The van der Waals surface area contributed by atoms with Gasteiger partial charge in [-0.05, 0) is 44.9 Å². The summed E-state index contributed by atoms with van der Waals surface area (Å²) in [6.45, 7) is 7.40. The highest BCUT2D eigenvalue weighted by Gasteiger charge is 2.24. The second-order valence-electron chi connectivity index (χ2n) is 4.99. The summed E-state index contributed by atoms with van der Waals surface area (Å²) in [6, 6.07) is 1.98. The Bertz CT molecular complexity index is 644. The molecule has 0 saturated carbocycles. The van der Waals surface area contributed by atoms with Crippen LogP contribution < -0.4 is 5.14 Å². The van der Waals surface area contributed by atoms with Gasteiger partial charge in [-0.3, -0.25) is 4.79 Å². The fraction of sp³-hybridized carbons (Fsp3) is 0.500. The van der Waals surface area contributed by atoms with Crippen molar-refractivity contribution in [3.05, 3.63) is 29.1 Å². The highest BCUT2D eigenvalue weighted by molar-refractivity contribution is 7.89. The molecule has 0 heterocycles. The first kappa shape index (κ1) is 17.6. The summed E-state index contributed by atoms with van der Waals surface area (Å²) in [6.07, 6.45) is 0.717. The van der Waals surface area contributed by atoms with E-state index in [0.717, 1.165) is 18.6 Å². The van der Waals surface area contributed by atoms with Crippen LogP contribution in [0.4, 0.5) is 4.39 Å². The summed E-state index contributed by atoms with van der Waals surface area (Å²) in [5.41, 5.74) is -0.0927. The summed E-state index contributed by atoms with van der Waals surface area (Å²) in [4.78, 5) is 13.7. The minimum atomic E-state index is -4.00. The van der Waals surface area contributed by atoms with Crippen molar-refractivity contribution in [1.29, 1.82) is 0 Å². The Morgan fingerprint density at radius 3 is 2.38 bits per heavy atom. The molecule has 0 aliphatic rings. The predicted molar refractivity (Wildman–Crippen MR) is 79.0 cm³/mol. The molecule has 2 N–H and O–H groups in total. The maximum absolute atomic E-state index is 14.0. The van der Waals surface area contributed by atoms with Crippen LogP contribution in [0.1, 0.15) is 43.1 Å². The van der Waals surface area contributed by atoms with Crippen LogP contribution in [0, 0.1) is 12.7 Å². The molecule has 7 heteroatoms. The van der Waals surface area contributed by atoms with Crippen molar-refractivity contribution in [3.8, 4) is 0 Å². The van der Waals surface area contributed by atoms with Crippen LogP contribution in [0.25, 0.3) is 0 Å². The van der Waals surface area contributed by atoms with Crippen LogP contribution >= 0.6 is 0 Å². The van der Waals surface area contributed by atoms with Gasteiger partial charge in [0.15, 0.2) is 0 Å². The van der Waals surface area contributed by atoms with E-state index in [1.165, 1.54) is 11.8 Å². The largest absolute Gasteiger partial charge is 0.336 e. The summed E-state index contributed by atoms with van der Waals surface area (Å²) in [7, 11) is -4.00. The molecular formula is C14H21FN2O3S. The van der Waals surface area contributed by atoms with Crippen LogP contribution in [-0.2, 0) is 10.0 Å². The number of nitrogens with zero attached hydrogens (tertiary/aromatic N) is 1. The number of carbonyl (C=O) groups is 1. The Morgan fingerprint density at radius 1 is 1.38 bits per heavy atom. The Hall–Kier alpha value is -1.47. The molecule has 0 aliphatic carbocycles. The van der Waals surface area contributed by atoms with Gasteiger partial charge in [-0.25, -0.2) is 17.9 Å². The van der Waals surface area contributed by atoms with Crippen molar-refractivity contribution in [3.63, 3.8) is 0 Å². The van der Waals surface area contributed by atoms with Crippen LogP contribution in [0.5, 0.6) is 0 Å². The SMILES string of the molecule is CCC(C)N(CC)C(=O)c1cc(S(N)(=O)=O)c(C)cc1F. The van der Waals surface area contributed by atoms with E-state index in [9.17, 15) is 17.6 Å². The Morgan fingerprint density at radius 2 is 1.95 bits per heavy atom. The van der Waals surface area contributed by atoms with Gasteiger partial charge >= 0.3 is 0 Å². The molecule has 0 spiro atoms. The maximum Gasteiger partial charge on any atom is 0.257 e. The van der Waals surface area contributed by atoms with Gasteiger partial charge < -0.3 is 4.90 Å². The van der Waals surface area contributed by atoms with Crippen molar-refractivity contribution >= 4 is 15.9 Å². The van der Waals surface area contributed by atoms with Gasteiger partial charge in [0.1, 0.15) is 5.82 Å². The third-order valence-corrected chi connectivity index (χ3v) is 4.58. The van der Waals surface area contributed by atoms with E-state index in [4.69, 9.17) is 5.14 Å². The first-order valence-corrected chi connectivity index (χ1v) is 8.32. The molecule has 0 aliphatic heterocycles. The number of rotatable bonds is 5. The van der Waals surface area contributed by atoms with Gasteiger partial charge in [0.05, 0.1) is 10.5 Å². The highest BCUT2D eigenvalue weighted by atomic mass is 32.2. The van der Waals surface area contributed by atoms with Crippen LogP contribution in [-0.4, -0.2) is 31.8 Å². The van der Waals surface area contributed by atoms with Gasteiger partial charge in [0.2, 0.25) is 10.0 Å². The number of benzene rings is 1. The molecule has 1 aromatic carbocycles. The van der Waals surface area contributed by atoms with Crippen molar-refractivity contribution in [1.82, 2.24) is 4.90 Å². The van der Waals surface area contributed by atoms with E-state index in [0.29, 0.717) is 6.54 Å². The average molecular weight is 316 g/mol. The van der Waals surface area contributed by atoms with Crippen molar-refractivity contribution in [2.45, 2.75) is 45.1 Å². The van der Waals surface area contributed by atoms with E-state index < -0.39 is 21.7 Å².